The summed E-state index contributed by atoms with van der Waals surface area (Å²) in [4.78, 5) is 25.5. The van der Waals surface area contributed by atoms with Gasteiger partial charge in [0, 0.05) is 16.1 Å². The third-order valence-corrected chi connectivity index (χ3v) is 5.38. The molecule has 0 N–H and O–H groups in total. The summed E-state index contributed by atoms with van der Waals surface area (Å²) >= 11 is 9.58. The smallest absolute Gasteiger partial charge is 0.419 e. The number of esters is 1. The van der Waals surface area contributed by atoms with E-state index in [1.165, 1.54) is 10.8 Å². The fourth-order valence-electron chi connectivity index (χ4n) is 2.79. The van der Waals surface area contributed by atoms with Gasteiger partial charge < -0.3 is 14.2 Å². The van der Waals surface area contributed by atoms with Gasteiger partial charge >= 0.3 is 12.1 Å². The van der Waals surface area contributed by atoms with Crippen molar-refractivity contribution in [1.29, 1.82) is 0 Å². The first-order chi connectivity index (χ1) is 14.1. The molecule has 0 aliphatic rings. The Kier molecular flexibility index (Phi) is 6.43. The number of benzene rings is 2. The van der Waals surface area contributed by atoms with Gasteiger partial charge in [0.2, 0.25) is 0 Å². The van der Waals surface area contributed by atoms with Gasteiger partial charge in [-0.2, -0.15) is 0 Å². The SMILES string of the molecule is COc1ccc(COC(=O)c2cn(C(=O)OC(C)(C)C)c3cc(Cl)c(Br)cc23)cc1. The Hall–Kier alpha value is -2.51. The molecule has 0 spiro atoms. The third kappa shape index (κ3) is 4.96. The van der Waals surface area contributed by atoms with E-state index in [4.69, 9.17) is 25.8 Å². The van der Waals surface area contributed by atoms with E-state index in [-0.39, 0.29) is 12.2 Å². The molecule has 8 heteroatoms. The van der Waals surface area contributed by atoms with Crippen molar-refractivity contribution < 1.29 is 23.8 Å². The van der Waals surface area contributed by atoms with E-state index in [0.717, 1.165) is 5.56 Å². The number of aromatic nitrogens is 1. The van der Waals surface area contributed by atoms with Gasteiger partial charge in [-0.25, -0.2) is 9.59 Å². The number of carbonyl (C=O) groups excluding carboxylic acids is 2. The zero-order valence-electron chi connectivity index (χ0n) is 17.0. The molecule has 30 heavy (non-hydrogen) atoms. The minimum atomic E-state index is -0.693. The summed E-state index contributed by atoms with van der Waals surface area (Å²) in [6, 6.07) is 10.5. The van der Waals surface area contributed by atoms with Gasteiger partial charge in [0.25, 0.3) is 0 Å². The zero-order valence-corrected chi connectivity index (χ0v) is 19.3. The Labute approximate surface area is 187 Å². The van der Waals surface area contributed by atoms with Crippen molar-refractivity contribution in [3.05, 3.63) is 63.2 Å². The van der Waals surface area contributed by atoms with E-state index < -0.39 is 17.7 Å². The predicted molar refractivity (Wildman–Crippen MR) is 118 cm³/mol. The second-order valence-electron chi connectivity index (χ2n) is 7.60. The summed E-state index contributed by atoms with van der Waals surface area (Å²) in [6.45, 7) is 5.38. The number of hydrogen-bond donors (Lipinski definition) is 0. The minimum Gasteiger partial charge on any atom is -0.497 e. The quantitative estimate of drug-likeness (QED) is 0.404. The van der Waals surface area contributed by atoms with Crippen molar-refractivity contribution in [3.8, 4) is 5.75 Å². The number of fused-ring (bicyclic) bond motifs is 1. The minimum absolute atomic E-state index is 0.0801. The third-order valence-electron chi connectivity index (χ3n) is 4.19. The van der Waals surface area contributed by atoms with Crippen LogP contribution in [0.5, 0.6) is 5.75 Å². The lowest BCUT2D eigenvalue weighted by Gasteiger charge is -2.19. The summed E-state index contributed by atoms with van der Waals surface area (Å²) in [6.07, 6.45) is 0.804. The molecule has 0 radical (unpaired) electrons. The van der Waals surface area contributed by atoms with Crippen molar-refractivity contribution in [1.82, 2.24) is 4.57 Å². The maximum atomic E-state index is 12.8. The van der Waals surface area contributed by atoms with Crippen LogP contribution in [0.4, 0.5) is 4.79 Å². The molecule has 0 saturated carbocycles. The van der Waals surface area contributed by atoms with Crippen molar-refractivity contribution >= 4 is 50.5 Å². The number of halogens is 2. The van der Waals surface area contributed by atoms with E-state index in [1.54, 1.807) is 52.1 Å². The molecule has 0 bridgehead atoms. The molecule has 0 aliphatic carbocycles. The summed E-state index contributed by atoms with van der Waals surface area (Å²) in [5.74, 6) is 0.152. The summed E-state index contributed by atoms with van der Waals surface area (Å²) in [7, 11) is 1.58. The molecule has 0 atom stereocenters. The fourth-order valence-corrected chi connectivity index (χ4v) is 3.29. The second-order valence-corrected chi connectivity index (χ2v) is 8.86. The fraction of sp³-hybridized carbons (Fsp3) is 0.273. The van der Waals surface area contributed by atoms with Gasteiger partial charge in [-0.3, -0.25) is 4.57 Å². The first kappa shape index (κ1) is 22.2. The van der Waals surface area contributed by atoms with Gasteiger partial charge in [0.05, 0.1) is 23.2 Å². The van der Waals surface area contributed by atoms with Gasteiger partial charge in [-0.1, -0.05) is 23.7 Å². The van der Waals surface area contributed by atoms with Crippen LogP contribution in [0, 0.1) is 0 Å². The van der Waals surface area contributed by atoms with Crippen LogP contribution < -0.4 is 4.74 Å². The van der Waals surface area contributed by atoms with Crippen LogP contribution in [0.2, 0.25) is 5.02 Å². The Bertz CT molecular complexity index is 1100. The summed E-state index contributed by atoms with van der Waals surface area (Å²) in [5, 5.41) is 0.931. The molecule has 3 aromatic rings. The molecule has 2 aromatic carbocycles. The molecule has 0 fully saturated rings. The monoisotopic (exact) mass is 493 g/mol. The lowest BCUT2D eigenvalue weighted by atomic mass is 10.2. The van der Waals surface area contributed by atoms with Gasteiger partial charge in [0.15, 0.2) is 0 Å². The van der Waals surface area contributed by atoms with Crippen molar-refractivity contribution in [3.63, 3.8) is 0 Å². The number of ether oxygens (including phenoxy) is 3. The van der Waals surface area contributed by atoms with E-state index >= 15 is 0 Å². The molecule has 6 nitrogen and oxygen atoms in total. The van der Waals surface area contributed by atoms with Crippen LogP contribution in [0.1, 0.15) is 36.7 Å². The number of methoxy groups -OCH3 is 1. The van der Waals surface area contributed by atoms with Crippen molar-refractivity contribution in [2.75, 3.05) is 7.11 Å². The maximum absolute atomic E-state index is 12.8. The number of nitrogens with zero attached hydrogens (tertiary/aromatic N) is 1. The van der Waals surface area contributed by atoms with Crippen LogP contribution in [-0.4, -0.2) is 29.3 Å². The standard InChI is InChI=1S/C22H21BrClNO5/c1-22(2,3)30-21(27)25-11-16(15-9-17(23)18(24)10-19(15)25)20(26)29-12-13-5-7-14(28-4)8-6-13/h5-11H,12H2,1-4H3. The van der Waals surface area contributed by atoms with Gasteiger partial charge in [0.1, 0.15) is 18.0 Å². The number of carbonyl (C=O) groups is 2. The molecule has 1 aromatic heterocycles. The predicted octanol–water partition coefficient (Wildman–Crippen LogP) is 6.21. The second kappa shape index (κ2) is 8.70. The molecular weight excluding hydrogens is 474 g/mol. The molecule has 158 valence electrons. The lowest BCUT2D eigenvalue weighted by Crippen LogP contribution is -2.26. The Morgan fingerprint density at radius 1 is 1.13 bits per heavy atom. The highest BCUT2D eigenvalue weighted by Gasteiger charge is 2.24. The van der Waals surface area contributed by atoms with Gasteiger partial charge in [-0.05, 0) is 66.5 Å². The summed E-state index contributed by atoms with van der Waals surface area (Å²) in [5.41, 5.74) is 0.807. The van der Waals surface area contributed by atoms with E-state index in [0.29, 0.717) is 26.1 Å². The van der Waals surface area contributed by atoms with Gasteiger partial charge in [-0.15, -0.1) is 0 Å². The Balaban J connectivity index is 1.92. The number of hydrogen-bond acceptors (Lipinski definition) is 5. The van der Waals surface area contributed by atoms with Crippen molar-refractivity contribution in [2.24, 2.45) is 0 Å². The highest BCUT2D eigenvalue weighted by Crippen LogP contribution is 2.32. The zero-order chi connectivity index (χ0) is 22.1. The maximum Gasteiger partial charge on any atom is 0.419 e. The highest BCUT2D eigenvalue weighted by molar-refractivity contribution is 9.10. The summed E-state index contributed by atoms with van der Waals surface area (Å²) < 4.78 is 17.9. The van der Waals surface area contributed by atoms with Crippen LogP contribution in [0.15, 0.2) is 47.1 Å². The molecule has 0 unspecified atom stereocenters. The lowest BCUT2D eigenvalue weighted by molar-refractivity contribution is 0.0474. The molecule has 0 aliphatic heterocycles. The van der Waals surface area contributed by atoms with Crippen molar-refractivity contribution in [2.45, 2.75) is 33.0 Å². The normalized spacial score (nSPS) is 11.4. The first-order valence-corrected chi connectivity index (χ1v) is 10.3. The molecule has 0 saturated heterocycles. The van der Waals surface area contributed by atoms with Crippen LogP contribution >= 0.6 is 27.5 Å². The van der Waals surface area contributed by atoms with E-state index in [2.05, 4.69) is 15.9 Å². The van der Waals surface area contributed by atoms with Crippen LogP contribution in [0.3, 0.4) is 0 Å². The molecule has 0 amide bonds. The highest BCUT2D eigenvalue weighted by atomic mass is 79.9. The van der Waals surface area contributed by atoms with E-state index in [1.807, 2.05) is 12.1 Å². The van der Waals surface area contributed by atoms with E-state index in [9.17, 15) is 9.59 Å². The average Bonchev–Trinajstić information content (AvgIpc) is 3.04. The average molecular weight is 495 g/mol. The molecular formula is C22H21BrClNO5. The topological polar surface area (TPSA) is 66.8 Å². The molecule has 1 heterocycles. The molecule has 3 rings (SSSR count). The largest absolute Gasteiger partial charge is 0.497 e. The first-order valence-electron chi connectivity index (χ1n) is 9.12. The van der Waals surface area contributed by atoms with Crippen LogP contribution in [-0.2, 0) is 16.1 Å². The van der Waals surface area contributed by atoms with Crippen LogP contribution in [0.25, 0.3) is 10.9 Å². The Morgan fingerprint density at radius 3 is 2.40 bits per heavy atom. The number of rotatable bonds is 4. The Morgan fingerprint density at radius 2 is 1.80 bits per heavy atom.